The van der Waals surface area contributed by atoms with Crippen LogP contribution in [0.25, 0.3) is 11.0 Å². The fourth-order valence-electron chi connectivity index (χ4n) is 8.12. The lowest BCUT2D eigenvalue weighted by Crippen LogP contribution is -2.59. The SMILES string of the molecule is C=CCN(Cn1nnc2ccccc21)C(=O)C1N([C@@H](CO)CC(C)C)C(=O)[C@@H]2[C@@H](C(=O)N(CC=C)c3ccc(OCC)cc3)[C@H]3CCC12O3. The molecule has 6 atom stereocenters. The number of amides is 3. The van der Waals surface area contributed by atoms with Crippen molar-refractivity contribution in [3.63, 3.8) is 0 Å². The molecule has 3 aromatic rings. The van der Waals surface area contributed by atoms with Crippen LogP contribution in [0, 0.1) is 17.8 Å². The molecule has 12 nitrogen and oxygen atoms in total. The Morgan fingerprint density at radius 2 is 1.86 bits per heavy atom. The third-order valence-corrected chi connectivity index (χ3v) is 10.0. The van der Waals surface area contributed by atoms with Crippen LogP contribution in [-0.4, -0.2) is 97.7 Å². The van der Waals surface area contributed by atoms with Crippen molar-refractivity contribution >= 4 is 34.4 Å². The number of aliphatic hydroxyl groups is 1. The fourth-order valence-corrected chi connectivity index (χ4v) is 8.12. The third-order valence-electron chi connectivity index (χ3n) is 10.0. The van der Waals surface area contributed by atoms with Crippen molar-refractivity contribution in [2.24, 2.45) is 17.8 Å². The standard InChI is InChI=1S/C37H46N6O6/c1-6-19-40(23-42-29-12-10-9-11-28(29)38-39-42)36(47)33-37-18-17-30(49-37)31(32(37)35(46)43(33)26(22-44)21-24(4)5)34(45)41(20-7-2)25-13-15-27(16-14-25)48-8-3/h6-7,9-16,24,26,30-33,44H,1-2,8,17-23H2,3-5H3/t26-,30-,31+,32+,33?,37?/m1/s1. The zero-order chi connectivity index (χ0) is 34.9. The van der Waals surface area contributed by atoms with E-state index in [1.807, 2.05) is 69.3 Å². The zero-order valence-electron chi connectivity index (χ0n) is 28.5. The van der Waals surface area contributed by atoms with Gasteiger partial charge in [-0.05, 0) is 68.5 Å². The number of anilines is 1. The maximum atomic E-state index is 14.9. The van der Waals surface area contributed by atoms with Crippen LogP contribution >= 0.6 is 0 Å². The monoisotopic (exact) mass is 670 g/mol. The van der Waals surface area contributed by atoms with Gasteiger partial charge < -0.3 is 29.3 Å². The second-order valence-electron chi connectivity index (χ2n) is 13.5. The molecule has 3 aliphatic heterocycles. The number of aromatic nitrogens is 3. The van der Waals surface area contributed by atoms with Crippen molar-refractivity contribution in [2.45, 2.75) is 70.5 Å². The van der Waals surface area contributed by atoms with Crippen molar-refractivity contribution in [2.75, 3.05) is 31.2 Å². The van der Waals surface area contributed by atoms with Crippen molar-refractivity contribution in [1.29, 1.82) is 0 Å². The second-order valence-corrected chi connectivity index (χ2v) is 13.5. The lowest BCUT2D eigenvalue weighted by atomic mass is 9.70. The predicted octanol–water partition coefficient (Wildman–Crippen LogP) is 3.80. The molecule has 0 radical (unpaired) electrons. The van der Waals surface area contributed by atoms with Crippen LogP contribution in [0.15, 0.2) is 73.8 Å². The average molecular weight is 671 g/mol. The summed E-state index contributed by atoms with van der Waals surface area (Å²) in [6.45, 7) is 14.4. The number of hydrogen-bond donors (Lipinski definition) is 1. The Labute approximate surface area is 286 Å². The summed E-state index contributed by atoms with van der Waals surface area (Å²) in [5, 5.41) is 19.2. The van der Waals surface area contributed by atoms with E-state index >= 15 is 0 Å². The summed E-state index contributed by atoms with van der Waals surface area (Å²) in [5.41, 5.74) is 0.850. The first-order chi connectivity index (χ1) is 23.7. The molecule has 1 spiro atoms. The van der Waals surface area contributed by atoms with Crippen LogP contribution in [0.2, 0.25) is 0 Å². The average Bonchev–Trinajstić information content (AvgIpc) is 3.85. The van der Waals surface area contributed by atoms with Crippen LogP contribution in [0.3, 0.4) is 0 Å². The Hall–Kier alpha value is -4.55. The summed E-state index contributed by atoms with van der Waals surface area (Å²) in [6.07, 6.45) is 4.17. The Morgan fingerprint density at radius 1 is 1.12 bits per heavy atom. The fraction of sp³-hybridized carbons (Fsp3) is 0.486. The second kappa shape index (κ2) is 14.1. The Kier molecular flexibility index (Phi) is 9.89. The summed E-state index contributed by atoms with van der Waals surface area (Å²) in [5.74, 6) is -1.86. The number of hydrogen-bond acceptors (Lipinski definition) is 8. The molecule has 1 N–H and O–H groups in total. The van der Waals surface area contributed by atoms with E-state index in [1.165, 1.54) is 0 Å². The van der Waals surface area contributed by atoms with E-state index in [0.717, 1.165) is 5.52 Å². The van der Waals surface area contributed by atoms with Gasteiger partial charge in [-0.3, -0.25) is 14.4 Å². The van der Waals surface area contributed by atoms with Crippen LogP contribution in [0.1, 0.15) is 40.0 Å². The smallest absolute Gasteiger partial charge is 0.250 e. The van der Waals surface area contributed by atoms with E-state index in [9.17, 15) is 19.5 Å². The maximum Gasteiger partial charge on any atom is 0.250 e. The van der Waals surface area contributed by atoms with E-state index in [-0.39, 0.29) is 50.0 Å². The number of ether oxygens (including phenoxy) is 2. The van der Waals surface area contributed by atoms with Gasteiger partial charge in [0.1, 0.15) is 29.6 Å². The molecule has 6 rings (SSSR count). The number of carbonyl (C=O) groups is 3. The van der Waals surface area contributed by atoms with Gasteiger partial charge in [-0.25, -0.2) is 4.68 Å². The first kappa shape index (κ1) is 34.3. The molecule has 2 bridgehead atoms. The molecular weight excluding hydrogens is 624 g/mol. The highest BCUT2D eigenvalue weighted by molar-refractivity contribution is 6.03. The molecule has 3 fully saturated rings. The van der Waals surface area contributed by atoms with Gasteiger partial charge in [0.05, 0.1) is 42.7 Å². The molecule has 3 amide bonds. The van der Waals surface area contributed by atoms with Crippen LogP contribution in [0.5, 0.6) is 5.75 Å². The van der Waals surface area contributed by atoms with E-state index in [2.05, 4.69) is 23.5 Å². The normalized spacial score (nSPS) is 24.7. The van der Waals surface area contributed by atoms with Crippen molar-refractivity contribution in [3.8, 4) is 5.75 Å². The molecule has 1 aromatic heterocycles. The van der Waals surface area contributed by atoms with Gasteiger partial charge in [0, 0.05) is 18.8 Å². The van der Waals surface area contributed by atoms with Gasteiger partial charge in [0.25, 0.3) is 0 Å². The van der Waals surface area contributed by atoms with Gasteiger partial charge in [0.2, 0.25) is 17.7 Å². The minimum absolute atomic E-state index is 0.0647. The molecule has 260 valence electrons. The first-order valence-corrected chi connectivity index (χ1v) is 17.1. The van der Waals surface area contributed by atoms with Gasteiger partial charge in [0.15, 0.2) is 0 Å². The molecule has 0 saturated carbocycles. The maximum absolute atomic E-state index is 14.9. The number of nitrogens with zero attached hydrogens (tertiary/aromatic N) is 6. The summed E-state index contributed by atoms with van der Waals surface area (Å²) >= 11 is 0. The third kappa shape index (κ3) is 6.01. The zero-order valence-corrected chi connectivity index (χ0v) is 28.5. The summed E-state index contributed by atoms with van der Waals surface area (Å²) < 4.78 is 14.0. The molecular formula is C37H46N6O6. The quantitative estimate of drug-likeness (QED) is 0.242. The van der Waals surface area contributed by atoms with Crippen molar-refractivity contribution < 1.29 is 29.0 Å². The van der Waals surface area contributed by atoms with Crippen molar-refractivity contribution in [3.05, 3.63) is 73.8 Å². The molecule has 12 heteroatoms. The van der Waals surface area contributed by atoms with Crippen molar-refractivity contribution in [1.82, 2.24) is 24.8 Å². The Morgan fingerprint density at radius 3 is 2.53 bits per heavy atom. The number of rotatable bonds is 15. The lowest BCUT2D eigenvalue weighted by Gasteiger charge is -2.39. The van der Waals surface area contributed by atoms with Gasteiger partial charge in [-0.2, -0.15) is 0 Å². The van der Waals surface area contributed by atoms with Crippen LogP contribution in [0.4, 0.5) is 5.69 Å². The van der Waals surface area contributed by atoms with Gasteiger partial charge >= 0.3 is 0 Å². The highest BCUT2D eigenvalue weighted by Gasteiger charge is 2.75. The Balaban J connectivity index is 1.39. The van der Waals surface area contributed by atoms with E-state index in [0.29, 0.717) is 42.8 Å². The summed E-state index contributed by atoms with van der Waals surface area (Å²) in [4.78, 5) is 49.1. The number of benzene rings is 2. The largest absolute Gasteiger partial charge is 0.494 e. The van der Waals surface area contributed by atoms with Crippen LogP contribution in [-0.2, 0) is 25.8 Å². The molecule has 3 saturated heterocycles. The highest BCUT2D eigenvalue weighted by atomic mass is 16.5. The molecule has 2 unspecified atom stereocenters. The number of fused-ring (bicyclic) bond motifs is 2. The number of carbonyl (C=O) groups excluding carboxylic acids is 3. The minimum atomic E-state index is -1.24. The van der Waals surface area contributed by atoms with Gasteiger partial charge in [-0.15, -0.1) is 18.3 Å². The molecule has 2 aromatic carbocycles. The summed E-state index contributed by atoms with van der Waals surface area (Å²) in [6, 6.07) is 13.0. The number of aliphatic hydroxyl groups excluding tert-OH is 1. The van der Waals surface area contributed by atoms with E-state index in [4.69, 9.17) is 9.47 Å². The topological polar surface area (TPSA) is 130 Å². The molecule has 4 heterocycles. The number of para-hydroxylation sites is 1. The highest BCUT2D eigenvalue weighted by Crippen LogP contribution is 2.59. The molecule has 3 aliphatic rings. The van der Waals surface area contributed by atoms with Crippen LogP contribution < -0.4 is 9.64 Å². The van der Waals surface area contributed by atoms with Gasteiger partial charge in [-0.1, -0.05) is 43.3 Å². The predicted molar refractivity (Wildman–Crippen MR) is 184 cm³/mol. The first-order valence-electron chi connectivity index (χ1n) is 17.1. The lowest BCUT2D eigenvalue weighted by molar-refractivity contribution is -0.152. The summed E-state index contributed by atoms with van der Waals surface area (Å²) in [7, 11) is 0. The Bertz CT molecular complexity index is 1710. The molecule has 0 aliphatic carbocycles. The van der Waals surface area contributed by atoms with E-state index in [1.54, 1.807) is 31.5 Å². The minimum Gasteiger partial charge on any atom is -0.494 e. The number of likely N-dealkylation sites (tertiary alicyclic amines) is 1. The van der Waals surface area contributed by atoms with E-state index < -0.39 is 35.6 Å². The molecule has 49 heavy (non-hydrogen) atoms.